The van der Waals surface area contributed by atoms with Crippen molar-refractivity contribution in [3.05, 3.63) is 35.4 Å². The van der Waals surface area contributed by atoms with E-state index in [2.05, 4.69) is 34.9 Å². The Hall–Kier alpha value is -0.860. The molecule has 0 saturated carbocycles. The van der Waals surface area contributed by atoms with Crippen molar-refractivity contribution in [1.29, 1.82) is 0 Å². The van der Waals surface area contributed by atoms with E-state index in [9.17, 15) is 0 Å². The first kappa shape index (κ1) is 11.6. The third kappa shape index (κ3) is 3.06. The van der Waals surface area contributed by atoms with Crippen LogP contribution in [0, 0.1) is 5.92 Å². The predicted molar refractivity (Wildman–Crippen MR) is 68.8 cm³/mol. The van der Waals surface area contributed by atoms with Crippen molar-refractivity contribution in [2.45, 2.75) is 19.3 Å². The molecule has 0 bridgehead atoms. The largest absolute Gasteiger partial charge is 0.318 e. The topological polar surface area (TPSA) is 24.1 Å². The lowest BCUT2D eigenvalue weighted by Gasteiger charge is -2.24. The van der Waals surface area contributed by atoms with Gasteiger partial charge in [-0.3, -0.25) is 0 Å². The van der Waals surface area contributed by atoms with Crippen LogP contribution in [0.15, 0.2) is 24.3 Å². The first-order valence-corrected chi connectivity index (χ1v) is 6.32. The van der Waals surface area contributed by atoms with Crippen molar-refractivity contribution in [2.75, 3.05) is 26.7 Å². The zero-order valence-corrected chi connectivity index (χ0v) is 10.1. The summed E-state index contributed by atoms with van der Waals surface area (Å²) in [6.45, 7) is 3.30. The monoisotopic (exact) mass is 218 g/mol. The van der Waals surface area contributed by atoms with Crippen molar-refractivity contribution in [3.63, 3.8) is 0 Å². The zero-order chi connectivity index (χ0) is 11.2. The summed E-state index contributed by atoms with van der Waals surface area (Å²) in [4.78, 5) is 0. The Morgan fingerprint density at radius 1 is 1.19 bits per heavy atom. The van der Waals surface area contributed by atoms with Gasteiger partial charge in [0.25, 0.3) is 0 Å². The van der Waals surface area contributed by atoms with Crippen LogP contribution in [0.3, 0.4) is 0 Å². The van der Waals surface area contributed by atoms with Crippen LogP contribution in [0.2, 0.25) is 0 Å². The van der Waals surface area contributed by atoms with Crippen LogP contribution in [0.1, 0.15) is 17.5 Å². The number of aryl methyl sites for hydroxylation is 1. The average Bonchev–Trinajstić information content (AvgIpc) is 2.34. The van der Waals surface area contributed by atoms with Gasteiger partial charge in [0.05, 0.1) is 0 Å². The maximum absolute atomic E-state index is 3.52. The lowest BCUT2D eigenvalue weighted by Crippen LogP contribution is -2.31. The van der Waals surface area contributed by atoms with E-state index in [0.717, 1.165) is 25.6 Å². The maximum Gasteiger partial charge on any atom is 0.00767 e. The second-order valence-corrected chi connectivity index (χ2v) is 4.69. The summed E-state index contributed by atoms with van der Waals surface area (Å²) in [6.07, 6.45) is 3.85. The highest BCUT2D eigenvalue weighted by atomic mass is 14.9. The molecule has 0 radical (unpaired) electrons. The standard InChI is InChI=1S/C14H22N2/c1-15-8-9-16-11-12-6-7-13-4-2-3-5-14(13)10-12/h2-5,12,15-16H,6-11H2,1H3. The van der Waals surface area contributed by atoms with Crippen LogP contribution in [0.5, 0.6) is 0 Å². The van der Waals surface area contributed by atoms with Gasteiger partial charge in [-0.15, -0.1) is 0 Å². The number of fused-ring (bicyclic) bond motifs is 1. The van der Waals surface area contributed by atoms with E-state index in [-0.39, 0.29) is 0 Å². The summed E-state index contributed by atoms with van der Waals surface area (Å²) in [5.74, 6) is 0.826. The molecule has 1 aromatic carbocycles. The van der Waals surface area contributed by atoms with Gasteiger partial charge in [-0.1, -0.05) is 24.3 Å². The molecule has 0 aliphatic heterocycles. The molecule has 1 atom stereocenters. The van der Waals surface area contributed by atoms with Gasteiger partial charge in [-0.2, -0.15) is 0 Å². The molecule has 2 N–H and O–H groups in total. The molecule has 1 aliphatic carbocycles. The molecule has 0 saturated heterocycles. The van der Waals surface area contributed by atoms with Crippen molar-refractivity contribution in [2.24, 2.45) is 5.92 Å². The van der Waals surface area contributed by atoms with Crippen LogP contribution >= 0.6 is 0 Å². The molecule has 88 valence electrons. The number of nitrogens with one attached hydrogen (secondary N) is 2. The second kappa shape index (κ2) is 6.02. The maximum atomic E-state index is 3.52. The first-order chi connectivity index (χ1) is 7.90. The number of rotatable bonds is 5. The van der Waals surface area contributed by atoms with Crippen LogP contribution in [0.4, 0.5) is 0 Å². The zero-order valence-electron chi connectivity index (χ0n) is 10.1. The third-order valence-corrected chi connectivity index (χ3v) is 3.43. The molecular weight excluding hydrogens is 196 g/mol. The van der Waals surface area contributed by atoms with Gasteiger partial charge in [0, 0.05) is 13.1 Å². The van der Waals surface area contributed by atoms with E-state index in [0.29, 0.717) is 0 Å². The summed E-state index contributed by atoms with van der Waals surface area (Å²) < 4.78 is 0. The van der Waals surface area contributed by atoms with E-state index in [1.165, 1.54) is 19.3 Å². The molecular formula is C14H22N2. The second-order valence-electron chi connectivity index (χ2n) is 4.69. The predicted octanol–water partition coefficient (Wildman–Crippen LogP) is 1.60. The Morgan fingerprint density at radius 2 is 2.00 bits per heavy atom. The van der Waals surface area contributed by atoms with Gasteiger partial charge in [-0.05, 0) is 49.9 Å². The van der Waals surface area contributed by atoms with Crippen molar-refractivity contribution in [3.8, 4) is 0 Å². The summed E-state index contributed by atoms with van der Waals surface area (Å²) >= 11 is 0. The summed E-state index contributed by atoms with van der Waals surface area (Å²) in [5, 5.41) is 6.68. The van der Waals surface area contributed by atoms with Gasteiger partial charge in [-0.25, -0.2) is 0 Å². The highest BCUT2D eigenvalue weighted by molar-refractivity contribution is 5.29. The molecule has 0 spiro atoms. The van der Waals surface area contributed by atoms with Crippen molar-refractivity contribution in [1.82, 2.24) is 10.6 Å². The van der Waals surface area contributed by atoms with Gasteiger partial charge in [0.2, 0.25) is 0 Å². The Bertz CT molecular complexity index is 322. The molecule has 16 heavy (non-hydrogen) atoms. The number of likely N-dealkylation sites (N-methyl/N-ethyl adjacent to an activating group) is 1. The molecule has 0 amide bonds. The van der Waals surface area contributed by atoms with E-state index >= 15 is 0 Å². The molecule has 0 aromatic heterocycles. The quantitative estimate of drug-likeness (QED) is 0.734. The lowest BCUT2D eigenvalue weighted by molar-refractivity contribution is 0.425. The van der Waals surface area contributed by atoms with Gasteiger partial charge >= 0.3 is 0 Å². The minimum absolute atomic E-state index is 0.826. The fourth-order valence-corrected chi connectivity index (χ4v) is 2.47. The molecule has 0 heterocycles. The molecule has 2 rings (SSSR count). The Morgan fingerprint density at radius 3 is 2.81 bits per heavy atom. The number of benzene rings is 1. The van der Waals surface area contributed by atoms with Crippen molar-refractivity contribution >= 4 is 0 Å². The molecule has 1 aromatic rings. The highest BCUT2D eigenvalue weighted by Gasteiger charge is 2.17. The number of hydrogen-bond donors (Lipinski definition) is 2. The Balaban J connectivity index is 1.79. The van der Waals surface area contributed by atoms with Crippen LogP contribution in [0.25, 0.3) is 0 Å². The first-order valence-electron chi connectivity index (χ1n) is 6.32. The fraction of sp³-hybridized carbons (Fsp3) is 0.571. The van der Waals surface area contributed by atoms with E-state index in [1.54, 1.807) is 11.1 Å². The molecule has 0 fully saturated rings. The van der Waals surface area contributed by atoms with Gasteiger partial charge in [0.15, 0.2) is 0 Å². The van der Waals surface area contributed by atoms with Gasteiger partial charge < -0.3 is 10.6 Å². The lowest BCUT2D eigenvalue weighted by atomic mass is 9.84. The fourth-order valence-electron chi connectivity index (χ4n) is 2.47. The highest BCUT2D eigenvalue weighted by Crippen LogP contribution is 2.24. The molecule has 2 nitrogen and oxygen atoms in total. The molecule has 1 unspecified atom stereocenters. The summed E-state index contributed by atoms with van der Waals surface area (Å²) in [7, 11) is 2.00. The van der Waals surface area contributed by atoms with E-state index in [4.69, 9.17) is 0 Å². The minimum atomic E-state index is 0.826. The summed E-state index contributed by atoms with van der Waals surface area (Å²) in [5.41, 5.74) is 3.13. The Labute approximate surface area is 98.4 Å². The van der Waals surface area contributed by atoms with Gasteiger partial charge in [0.1, 0.15) is 0 Å². The van der Waals surface area contributed by atoms with E-state index < -0.39 is 0 Å². The third-order valence-electron chi connectivity index (χ3n) is 3.43. The smallest absolute Gasteiger partial charge is 0.00767 e. The van der Waals surface area contributed by atoms with Crippen LogP contribution in [-0.2, 0) is 12.8 Å². The van der Waals surface area contributed by atoms with E-state index in [1.807, 2.05) is 7.05 Å². The SMILES string of the molecule is CNCCNCC1CCc2ccccc2C1. The average molecular weight is 218 g/mol. The summed E-state index contributed by atoms with van der Waals surface area (Å²) in [6, 6.07) is 8.88. The molecule has 1 aliphatic rings. The van der Waals surface area contributed by atoms with Crippen LogP contribution < -0.4 is 10.6 Å². The minimum Gasteiger partial charge on any atom is -0.318 e. The normalized spacial score (nSPS) is 19.4. The van der Waals surface area contributed by atoms with Crippen LogP contribution in [-0.4, -0.2) is 26.7 Å². The Kier molecular flexibility index (Phi) is 4.37. The number of hydrogen-bond acceptors (Lipinski definition) is 2. The molecule has 2 heteroatoms. The van der Waals surface area contributed by atoms with Crippen molar-refractivity contribution < 1.29 is 0 Å².